The van der Waals surface area contributed by atoms with Gasteiger partial charge in [0, 0.05) is 37.9 Å². The third-order valence-corrected chi connectivity index (χ3v) is 4.70. The lowest BCUT2D eigenvalue weighted by atomic mass is 10.0. The minimum absolute atomic E-state index is 0.469. The molecular formula is C15H25N3O2S. The molecule has 21 heavy (non-hydrogen) atoms. The second-order valence-electron chi connectivity index (χ2n) is 5.72. The van der Waals surface area contributed by atoms with Crippen molar-refractivity contribution in [3.8, 4) is 0 Å². The summed E-state index contributed by atoms with van der Waals surface area (Å²) < 4.78 is 24.7. The number of hydrogen-bond acceptors (Lipinski definition) is 4. The molecular weight excluding hydrogens is 286 g/mol. The van der Waals surface area contributed by atoms with Crippen molar-refractivity contribution in [3.05, 3.63) is 30.3 Å². The van der Waals surface area contributed by atoms with Crippen LogP contribution in [-0.2, 0) is 10.0 Å². The Morgan fingerprint density at radius 1 is 1.33 bits per heavy atom. The highest BCUT2D eigenvalue weighted by molar-refractivity contribution is 7.88. The lowest BCUT2D eigenvalue weighted by Gasteiger charge is -2.39. The monoisotopic (exact) mass is 311 g/mol. The second-order valence-corrected chi connectivity index (χ2v) is 7.56. The summed E-state index contributed by atoms with van der Waals surface area (Å²) in [5.41, 5.74) is 1.27. The van der Waals surface area contributed by atoms with Gasteiger partial charge in [0.1, 0.15) is 0 Å². The molecule has 0 radical (unpaired) electrons. The fraction of sp³-hybridized carbons (Fsp3) is 0.600. The maximum absolute atomic E-state index is 11.1. The summed E-state index contributed by atoms with van der Waals surface area (Å²) in [5.74, 6) is 0. The average molecular weight is 311 g/mol. The van der Waals surface area contributed by atoms with E-state index in [0.717, 1.165) is 19.6 Å². The van der Waals surface area contributed by atoms with Crippen molar-refractivity contribution in [2.24, 2.45) is 0 Å². The van der Waals surface area contributed by atoms with Crippen molar-refractivity contribution in [1.82, 2.24) is 9.62 Å². The Hall–Kier alpha value is -1.11. The summed E-state index contributed by atoms with van der Waals surface area (Å²) in [4.78, 5) is 4.67. The molecule has 1 aliphatic heterocycles. The summed E-state index contributed by atoms with van der Waals surface area (Å²) >= 11 is 0. The fourth-order valence-corrected chi connectivity index (χ4v) is 3.24. The van der Waals surface area contributed by atoms with Gasteiger partial charge in [0.2, 0.25) is 10.0 Å². The molecule has 0 aliphatic carbocycles. The minimum Gasteiger partial charge on any atom is -0.370 e. The van der Waals surface area contributed by atoms with Gasteiger partial charge in [-0.05, 0) is 32.0 Å². The highest BCUT2D eigenvalue weighted by Gasteiger charge is 2.23. The maximum atomic E-state index is 11.1. The summed E-state index contributed by atoms with van der Waals surface area (Å²) in [6.07, 6.45) is 3.53. The van der Waals surface area contributed by atoms with Gasteiger partial charge in [-0.3, -0.25) is 0 Å². The Morgan fingerprint density at radius 2 is 2.05 bits per heavy atom. The lowest BCUT2D eigenvalue weighted by Crippen LogP contribution is -2.48. The number of hydrogen-bond donors (Lipinski definition) is 1. The SMILES string of the molecule is CN(CCNS(C)(=O)=O)C1CCCN(c2ccccc2)C1. The van der Waals surface area contributed by atoms with Gasteiger partial charge >= 0.3 is 0 Å². The van der Waals surface area contributed by atoms with Gasteiger partial charge in [-0.1, -0.05) is 18.2 Å². The fourth-order valence-electron chi connectivity index (χ4n) is 2.78. The van der Waals surface area contributed by atoms with E-state index in [4.69, 9.17) is 0 Å². The van der Waals surface area contributed by atoms with E-state index in [-0.39, 0.29) is 0 Å². The van der Waals surface area contributed by atoms with Crippen LogP contribution in [0, 0.1) is 0 Å². The van der Waals surface area contributed by atoms with Crippen molar-refractivity contribution in [1.29, 1.82) is 0 Å². The number of sulfonamides is 1. The van der Waals surface area contributed by atoms with E-state index >= 15 is 0 Å². The molecule has 0 aromatic heterocycles. The molecule has 0 spiro atoms. The van der Waals surface area contributed by atoms with Gasteiger partial charge in [0.25, 0.3) is 0 Å². The van der Waals surface area contributed by atoms with Crippen molar-refractivity contribution in [2.45, 2.75) is 18.9 Å². The molecule has 1 fully saturated rings. The van der Waals surface area contributed by atoms with Gasteiger partial charge < -0.3 is 9.80 Å². The second kappa shape index (κ2) is 7.24. The van der Waals surface area contributed by atoms with Crippen molar-refractivity contribution in [2.75, 3.05) is 44.4 Å². The van der Waals surface area contributed by atoms with Crippen LogP contribution in [0.2, 0.25) is 0 Å². The Kier molecular flexibility index (Phi) is 5.61. The van der Waals surface area contributed by atoms with E-state index in [0.29, 0.717) is 12.6 Å². The van der Waals surface area contributed by atoms with Crippen LogP contribution < -0.4 is 9.62 Å². The number of rotatable bonds is 6. The summed E-state index contributed by atoms with van der Waals surface area (Å²) in [5, 5.41) is 0. The van der Waals surface area contributed by atoms with Gasteiger partial charge in [0.05, 0.1) is 6.26 Å². The van der Waals surface area contributed by atoms with Crippen LogP contribution in [0.5, 0.6) is 0 Å². The zero-order chi connectivity index (χ0) is 15.3. The van der Waals surface area contributed by atoms with E-state index < -0.39 is 10.0 Å². The van der Waals surface area contributed by atoms with Gasteiger partial charge in [0.15, 0.2) is 0 Å². The normalized spacial score (nSPS) is 20.0. The number of para-hydroxylation sites is 1. The Balaban J connectivity index is 1.86. The first-order valence-corrected chi connectivity index (χ1v) is 9.30. The molecule has 5 nitrogen and oxygen atoms in total. The molecule has 1 aliphatic rings. The lowest BCUT2D eigenvalue weighted by molar-refractivity contribution is 0.219. The third-order valence-electron chi connectivity index (χ3n) is 3.97. The molecule has 1 aromatic carbocycles. The number of benzene rings is 1. The van der Waals surface area contributed by atoms with Crippen molar-refractivity contribution in [3.63, 3.8) is 0 Å². The molecule has 6 heteroatoms. The molecule has 1 aromatic rings. The highest BCUT2D eigenvalue weighted by atomic mass is 32.2. The highest BCUT2D eigenvalue weighted by Crippen LogP contribution is 2.21. The van der Waals surface area contributed by atoms with Gasteiger partial charge in [-0.25, -0.2) is 13.1 Å². The van der Waals surface area contributed by atoms with Crippen LogP contribution in [0.3, 0.4) is 0 Å². The molecule has 1 N–H and O–H groups in total. The standard InChI is InChI=1S/C15H25N3O2S/c1-17(12-10-16-21(2,19)20)15-9-6-11-18(13-15)14-7-4-3-5-8-14/h3-5,7-8,15-16H,6,9-13H2,1-2H3. The molecule has 0 amide bonds. The summed E-state index contributed by atoms with van der Waals surface area (Å²) in [6, 6.07) is 10.9. The van der Waals surface area contributed by atoms with E-state index in [2.05, 4.69) is 45.8 Å². The first kappa shape index (κ1) is 16.3. The minimum atomic E-state index is -3.09. The van der Waals surface area contributed by atoms with Crippen LogP contribution in [0.1, 0.15) is 12.8 Å². The van der Waals surface area contributed by atoms with E-state index in [9.17, 15) is 8.42 Å². The van der Waals surface area contributed by atoms with Crippen LogP contribution in [-0.4, -0.2) is 58.8 Å². The molecule has 118 valence electrons. The van der Waals surface area contributed by atoms with Crippen LogP contribution in [0.25, 0.3) is 0 Å². The summed E-state index contributed by atoms with van der Waals surface area (Å²) in [6.45, 7) is 3.30. The van der Waals surface area contributed by atoms with E-state index in [1.54, 1.807) is 0 Å². The number of piperidine rings is 1. The zero-order valence-electron chi connectivity index (χ0n) is 12.8. The van der Waals surface area contributed by atoms with E-state index in [1.807, 2.05) is 6.07 Å². The first-order chi connectivity index (χ1) is 9.96. The number of likely N-dealkylation sites (N-methyl/N-ethyl adjacent to an activating group) is 1. The topological polar surface area (TPSA) is 52.7 Å². The average Bonchev–Trinajstić information content (AvgIpc) is 2.47. The number of nitrogens with one attached hydrogen (secondary N) is 1. The molecule has 2 rings (SSSR count). The van der Waals surface area contributed by atoms with Crippen LogP contribution >= 0.6 is 0 Å². The molecule has 1 heterocycles. The van der Waals surface area contributed by atoms with E-state index in [1.165, 1.54) is 24.8 Å². The molecule has 0 bridgehead atoms. The Labute approximate surface area is 128 Å². The smallest absolute Gasteiger partial charge is 0.208 e. The quantitative estimate of drug-likeness (QED) is 0.856. The van der Waals surface area contributed by atoms with Crippen LogP contribution in [0.4, 0.5) is 5.69 Å². The van der Waals surface area contributed by atoms with Gasteiger partial charge in [-0.2, -0.15) is 0 Å². The predicted molar refractivity (Wildman–Crippen MR) is 87.2 cm³/mol. The largest absolute Gasteiger partial charge is 0.370 e. The van der Waals surface area contributed by atoms with Crippen molar-refractivity contribution < 1.29 is 8.42 Å². The molecule has 0 saturated carbocycles. The number of anilines is 1. The Bertz CT molecular complexity index is 533. The van der Waals surface area contributed by atoms with Gasteiger partial charge in [-0.15, -0.1) is 0 Å². The molecule has 1 unspecified atom stereocenters. The van der Waals surface area contributed by atoms with Crippen LogP contribution in [0.15, 0.2) is 30.3 Å². The summed E-state index contributed by atoms with van der Waals surface area (Å²) in [7, 11) is -1.02. The van der Waals surface area contributed by atoms with Crippen molar-refractivity contribution >= 4 is 15.7 Å². The zero-order valence-corrected chi connectivity index (χ0v) is 13.6. The third kappa shape index (κ3) is 5.30. The Morgan fingerprint density at radius 3 is 2.71 bits per heavy atom. The molecule has 1 saturated heterocycles. The predicted octanol–water partition coefficient (Wildman–Crippen LogP) is 1.14. The first-order valence-electron chi connectivity index (χ1n) is 7.40. The maximum Gasteiger partial charge on any atom is 0.208 e. The molecule has 1 atom stereocenters. The number of nitrogens with zero attached hydrogens (tertiary/aromatic N) is 2.